The van der Waals surface area contributed by atoms with Crippen molar-refractivity contribution in [1.29, 1.82) is 0 Å². The number of carbonyl (C=O) groups is 2. The number of anilines is 1. The zero-order chi connectivity index (χ0) is 12.3. The van der Waals surface area contributed by atoms with Gasteiger partial charge in [-0.05, 0) is 18.2 Å². The Hall–Kier alpha value is -2.28. The minimum absolute atomic E-state index is 0.0695. The molecule has 0 atom stereocenters. The van der Waals surface area contributed by atoms with Crippen LogP contribution in [0.4, 0.5) is 5.00 Å². The van der Waals surface area contributed by atoms with Crippen molar-refractivity contribution in [3.8, 4) is 0 Å². The highest BCUT2D eigenvalue weighted by Crippen LogP contribution is 2.12. The number of nitrogens with one attached hydrogen (secondary N) is 1. The van der Waals surface area contributed by atoms with Gasteiger partial charge in [0, 0.05) is 17.1 Å². The van der Waals surface area contributed by atoms with E-state index < -0.39 is 5.97 Å². The van der Waals surface area contributed by atoms with E-state index in [1.807, 2.05) is 0 Å². The lowest BCUT2D eigenvalue weighted by Gasteiger charge is -2.02. The number of benzene rings is 1. The van der Waals surface area contributed by atoms with Crippen LogP contribution in [0.3, 0.4) is 0 Å². The van der Waals surface area contributed by atoms with Gasteiger partial charge >= 0.3 is 5.97 Å². The molecule has 0 aliphatic carbocycles. The number of hydrogen-bond acceptors (Lipinski definition) is 5. The lowest BCUT2D eigenvalue weighted by atomic mass is 10.1. The lowest BCUT2D eigenvalue weighted by Crippen LogP contribution is -2.11. The van der Waals surface area contributed by atoms with Crippen molar-refractivity contribution >= 4 is 28.4 Å². The van der Waals surface area contributed by atoms with Crippen LogP contribution >= 0.6 is 11.5 Å². The van der Waals surface area contributed by atoms with Gasteiger partial charge in [0.1, 0.15) is 5.00 Å². The van der Waals surface area contributed by atoms with Gasteiger partial charge in [0.2, 0.25) is 0 Å². The monoisotopic (exact) mass is 249 g/mol. The molecule has 0 bridgehead atoms. The molecule has 0 spiro atoms. The molecular weight excluding hydrogens is 242 g/mol. The van der Waals surface area contributed by atoms with Crippen LogP contribution in [0.1, 0.15) is 20.7 Å². The number of carboxylic acids is 1. The minimum Gasteiger partial charge on any atom is -0.478 e. The van der Waals surface area contributed by atoms with Crippen LogP contribution in [0.15, 0.2) is 30.5 Å². The summed E-state index contributed by atoms with van der Waals surface area (Å²) < 4.78 is 3.60. The maximum Gasteiger partial charge on any atom is 0.335 e. The highest BCUT2D eigenvalue weighted by molar-refractivity contribution is 7.10. The first-order valence-corrected chi connectivity index (χ1v) is 5.36. The molecule has 0 saturated carbocycles. The standard InChI is InChI=1S/C10H7N3O3S/c14-9(12-8-5-11-13-17-8)6-2-1-3-7(4-6)10(15)16/h1-5H,(H,12,14)(H,15,16). The van der Waals surface area contributed by atoms with E-state index in [0.29, 0.717) is 5.00 Å². The van der Waals surface area contributed by atoms with E-state index in [0.717, 1.165) is 11.5 Å². The molecule has 17 heavy (non-hydrogen) atoms. The fourth-order valence-corrected chi connectivity index (χ4v) is 1.61. The van der Waals surface area contributed by atoms with Gasteiger partial charge in [-0.2, -0.15) is 0 Å². The number of aromatic nitrogens is 2. The third-order valence-electron chi connectivity index (χ3n) is 1.97. The molecule has 0 aliphatic rings. The fraction of sp³-hybridized carbons (Fsp3) is 0. The zero-order valence-corrected chi connectivity index (χ0v) is 9.27. The maximum absolute atomic E-state index is 11.7. The van der Waals surface area contributed by atoms with Crippen molar-refractivity contribution in [1.82, 2.24) is 9.59 Å². The first kappa shape index (κ1) is 11.2. The average molecular weight is 249 g/mol. The normalized spacial score (nSPS) is 9.88. The van der Waals surface area contributed by atoms with Gasteiger partial charge in [0.15, 0.2) is 0 Å². The summed E-state index contributed by atoms with van der Waals surface area (Å²) in [5.41, 5.74) is 0.346. The smallest absolute Gasteiger partial charge is 0.335 e. The van der Waals surface area contributed by atoms with Crippen LogP contribution < -0.4 is 5.32 Å². The molecule has 1 aromatic heterocycles. The Labute approximate surface area is 100 Å². The number of rotatable bonds is 3. The van der Waals surface area contributed by atoms with Gasteiger partial charge in [-0.15, -0.1) is 5.10 Å². The first-order valence-electron chi connectivity index (χ1n) is 4.59. The summed E-state index contributed by atoms with van der Waals surface area (Å²) >= 11 is 1.05. The van der Waals surface area contributed by atoms with Gasteiger partial charge in [0.05, 0.1) is 11.8 Å². The second-order valence-corrected chi connectivity index (χ2v) is 3.91. The SMILES string of the molecule is O=C(O)c1cccc(C(=O)Nc2cnns2)c1. The summed E-state index contributed by atoms with van der Waals surface area (Å²) in [4.78, 5) is 22.5. The maximum atomic E-state index is 11.7. The summed E-state index contributed by atoms with van der Waals surface area (Å²) in [5.74, 6) is -1.46. The van der Waals surface area contributed by atoms with Crippen LogP contribution in [0.2, 0.25) is 0 Å². The Morgan fingerprint density at radius 2 is 2.06 bits per heavy atom. The van der Waals surface area contributed by atoms with Crippen LogP contribution in [-0.2, 0) is 0 Å². The number of aromatic carboxylic acids is 1. The van der Waals surface area contributed by atoms with Crippen molar-refractivity contribution in [2.75, 3.05) is 5.32 Å². The number of amides is 1. The van der Waals surface area contributed by atoms with E-state index in [1.54, 1.807) is 0 Å². The molecule has 1 amide bonds. The molecule has 2 aromatic rings. The van der Waals surface area contributed by atoms with E-state index in [9.17, 15) is 9.59 Å². The number of nitrogens with zero attached hydrogens (tertiary/aromatic N) is 2. The highest BCUT2D eigenvalue weighted by atomic mass is 32.1. The molecular formula is C10H7N3O3S. The third-order valence-corrected chi connectivity index (χ3v) is 2.55. The molecule has 1 heterocycles. The minimum atomic E-state index is -1.07. The van der Waals surface area contributed by atoms with Gasteiger partial charge in [-0.3, -0.25) is 4.79 Å². The summed E-state index contributed by atoms with van der Waals surface area (Å²) in [6.45, 7) is 0. The zero-order valence-electron chi connectivity index (χ0n) is 8.45. The summed E-state index contributed by atoms with van der Waals surface area (Å²) in [6.07, 6.45) is 1.42. The Bertz CT molecular complexity index is 554. The molecule has 0 unspecified atom stereocenters. The molecule has 6 nitrogen and oxygen atoms in total. The van der Waals surface area contributed by atoms with E-state index in [-0.39, 0.29) is 17.0 Å². The summed E-state index contributed by atoms with van der Waals surface area (Å²) in [7, 11) is 0. The number of carboxylic acid groups (broad SMARTS) is 1. The van der Waals surface area contributed by atoms with Crippen LogP contribution in [0.25, 0.3) is 0 Å². The first-order chi connectivity index (χ1) is 8.16. The van der Waals surface area contributed by atoms with E-state index in [2.05, 4.69) is 14.9 Å². The molecule has 7 heteroatoms. The van der Waals surface area contributed by atoms with Gasteiger partial charge in [-0.1, -0.05) is 10.6 Å². The lowest BCUT2D eigenvalue weighted by molar-refractivity contribution is 0.0697. The van der Waals surface area contributed by atoms with E-state index in [1.165, 1.54) is 30.5 Å². The third kappa shape index (κ3) is 2.64. The van der Waals surface area contributed by atoms with Gasteiger partial charge in [-0.25, -0.2) is 4.79 Å². The van der Waals surface area contributed by atoms with Crippen molar-refractivity contribution in [2.24, 2.45) is 0 Å². The molecule has 0 radical (unpaired) electrons. The van der Waals surface area contributed by atoms with Crippen molar-refractivity contribution in [2.45, 2.75) is 0 Å². The fourth-order valence-electron chi connectivity index (χ4n) is 1.20. The van der Waals surface area contributed by atoms with Crippen LogP contribution in [-0.4, -0.2) is 26.6 Å². The topological polar surface area (TPSA) is 92.2 Å². The number of hydrogen-bond donors (Lipinski definition) is 2. The Balaban J connectivity index is 2.19. The van der Waals surface area contributed by atoms with E-state index in [4.69, 9.17) is 5.11 Å². The summed E-state index contributed by atoms with van der Waals surface area (Å²) in [5, 5.41) is 15.4. The van der Waals surface area contributed by atoms with Crippen LogP contribution in [0, 0.1) is 0 Å². The quantitative estimate of drug-likeness (QED) is 0.859. The largest absolute Gasteiger partial charge is 0.478 e. The summed E-state index contributed by atoms with van der Waals surface area (Å²) in [6, 6.07) is 5.79. The molecule has 0 fully saturated rings. The van der Waals surface area contributed by atoms with Crippen molar-refractivity contribution in [3.05, 3.63) is 41.6 Å². The molecule has 0 saturated heterocycles. The molecule has 2 rings (SSSR count). The van der Waals surface area contributed by atoms with Gasteiger partial charge in [0.25, 0.3) is 5.91 Å². The number of carbonyl (C=O) groups excluding carboxylic acids is 1. The van der Waals surface area contributed by atoms with Crippen molar-refractivity contribution in [3.63, 3.8) is 0 Å². The van der Waals surface area contributed by atoms with E-state index >= 15 is 0 Å². The molecule has 86 valence electrons. The highest BCUT2D eigenvalue weighted by Gasteiger charge is 2.10. The van der Waals surface area contributed by atoms with Crippen LogP contribution in [0.5, 0.6) is 0 Å². The molecule has 2 N–H and O–H groups in total. The second kappa shape index (κ2) is 4.71. The Kier molecular flexibility index (Phi) is 3.10. The molecule has 1 aromatic carbocycles. The average Bonchev–Trinajstić information content (AvgIpc) is 2.82. The Morgan fingerprint density at radius 3 is 2.71 bits per heavy atom. The second-order valence-electron chi connectivity index (χ2n) is 3.12. The van der Waals surface area contributed by atoms with Crippen molar-refractivity contribution < 1.29 is 14.7 Å². The van der Waals surface area contributed by atoms with Gasteiger partial charge < -0.3 is 10.4 Å². The predicted octanol–water partition coefficient (Wildman–Crippen LogP) is 1.49. The molecule has 0 aliphatic heterocycles. The predicted molar refractivity (Wildman–Crippen MR) is 61.3 cm³/mol. The Morgan fingerprint density at radius 1 is 1.29 bits per heavy atom.